The molecule has 19 heavy (non-hydrogen) atoms. The normalized spacial score (nSPS) is 22.8. The van der Waals surface area contributed by atoms with E-state index in [0.29, 0.717) is 24.3 Å². The summed E-state index contributed by atoms with van der Waals surface area (Å²) < 4.78 is 4.92. The fourth-order valence-electron chi connectivity index (χ4n) is 2.29. The fourth-order valence-corrected chi connectivity index (χ4v) is 2.29. The number of hydrogen-bond donors (Lipinski definition) is 2. The highest BCUT2D eigenvalue weighted by molar-refractivity contribution is 5.89. The van der Waals surface area contributed by atoms with Gasteiger partial charge in [0.2, 0.25) is 0 Å². The second-order valence-electron chi connectivity index (χ2n) is 4.91. The van der Waals surface area contributed by atoms with E-state index >= 15 is 0 Å². The van der Waals surface area contributed by atoms with E-state index in [-0.39, 0.29) is 5.97 Å². The maximum atomic E-state index is 11.5. The number of anilines is 1. The largest absolute Gasteiger partial charge is 0.462 e. The van der Waals surface area contributed by atoms with Crippen LogP contribution in [0.15, 0.2) is 18.3 Å². The number of carbonyl (C=O) groups excluding carboxylic acids is 1. The molecule has 0 radical (unpaired) electrons. The van der Waals surface area contributed by atoms with Gasteiger partial charge in [-0.3, -0.25) is 0 Å². The van der Waals surface area contributed by atoms with Crippen molar-refractivity contribution in [3.63, 3.8) is 0 Å². The van der Waals surface area contributed by atoms with Crippen molar-refractivity contribution in [3.8, 4) is 0 Å². The molecule has 0 amide bonds. The highest BCUT2D eigenvalue weighted by Gasteiger charge is 2.18. The van der Waals surface area contributed by atoms with Crippen molar-refractivity contribution in [2.24, 2.45) is 5.73 Å². The molecule has 1 fully saturated rings. The molecule has 0 bridgehead atoms. The Morgan fingerprint density at radius 3 is 2.74 bits per heavy atom. The molecule has 0 aliphatic heterocycles. The number of nitrogens with zero attached hydrogens (tertiary/aromatic N) is 1. The molecule has 0 atom stereocenters. The summed E-state index contributed by atoms with van der Waals surface area (Å²) in [7, 11) is 0. The minimum Gasteiger partial charge on any atom is -0.462 e. The van der Waals surface area contributed by atoms with Crippen LogP contribution < -0.4 is 11.1 Å². The fraction of sp³-hybridized carbons (Fsp3) is 0.571. The molecular formula is C14H21N3O2. The van der Waals surface area contributed by atoms with Crippen LogP contribution in [0.1, 0.15) is 43.0 Å². The molecule has 1 aromatic rings. The first-order chi connectivity index (χ1) is 9.19. The smallest absolute Gasteiger partial charge is 0.339 e. The van der Waals surface area contributed by atoms with E-state index in [1.54, 1.807) is 19.2 Å². The Morgan fingerprint density at radius 1 is 1.42 bits per heavy atom. The molecule has 0 unspecified atom stereocenters. The van der Waals surface area contributed by atoms with Crippen molar-refractivity contribution in [1.29, 1.82) is 0 Å². The van der Waals surface area contributed by atoms with Crippen LogP contribution in [0, 0.1) is 0 Å². The first kappa shape index (κ1) is 13.8. The minimum absolute atomic E-state index is 0.329. The Hall–Kier alpha value is -1.62. The average molecular weight is 263 g/mol. The third kappa shape index (κ3) is 3.92. The zero-order chi connectivity index (χ0) is 13.7. The summed E-state index contributed by atoms with van der Waals surface area (Å²) >= 11 is 0. The molecule has 1 aliphatic rings. The van der Waals surface area contributed by atoms with Gasteiger partial charge in [-0.2, -0.15) is 0 Å². The highest BCUT2D eigenvalue weighted by Crippen LogP contribution is 2.20. The predicted molar refractivity (Wildman–Crippen MR) is 74.0 cm³/mol. The van der Waals surface area contributed by atoms with Crippen LogP contribution >= 0.6 is 0 Å². The molecule has 1 heterocycles. The van der Waals surface area contributed by atoms with E-state index in [4.69, 9.17) is 10.5 Å². The molecule has 0 aromatic carbocycles. The number of nitrogens with one attached hydrogen (secondary N) is 1. The summed E-state index contributed by atoms with van der Waals surface area (Å²) in [4.78, 5) is 15.7. The van der Waals surface area contributed by atoms with Gasteiger partial charge in [0, 0.05) is 18.3 Å². The third-order valence-electron chi connectivity index (χ3n) is 3.40. The first-order valence-electron chi connectivity index (χ1n) is 6.84. The molecule has 0 spiro atoms. The summed E-state index contributed by atoms with van der Waals surface area (Å²) in [6.45, 7) is 2.16. The number of nitrogens with two attached hydrogens (primary N) is 1. The molecular weight excluding hydrogens is 242 g/mol. The standard InChI is InChI=1S/C14H21N3O2/c1-2-19-14(18)10-3-8-13(16-9-10)17-12-6-4-11(15)5-7-12/h3,8-9,11-12H,2,4-7,15H2,1H3,(H,16,17). The van der Waals surface area contributed by atoms with Crippen LogP contribution in [0.5, 0.6) is 0 Å². The van der Waals surface area contributed by atoms with Crippen molar-refractivity contribution in [1.82, 2.24) is 4.98 Å². The van der Waals surface area contributed by atoms with Crippen LogP contribution in [-0.2, 0) is 4.74 Å². The molecule has 0 saturated heterocycles. The SMILES string of the molecule is CCOC(=O)c1ccc(NC2CCC(N)CC2)nc1. The topological polar surface area (TPSA) is 77.2 Å². The Kier molecular flexibility index (Phi) is 4.74. The Bertz CT molecular complexity index is 411. The number of hydrogen-bond acceptors (Lipinski definition) is 5. The van der Waals surface area contributed by atoms with Crippen LogP contribution in [-0.4, -0.2) is 29.6 Å². The van der Waals surface area contributed by atoms with Gasteiger partial charge in [-0.15, -0.1) is 0 Å². The van der Waals surface area contributed by atoms with Crippen molar-refractivity contribution < 1.29 is 9.53 Å². The number of pyridine rings is 1. The second kappa shape index (κ2) is 6.52. The number of ether oxygens (including phenoxy) is 1. The lowest BCUT2D eigenvalue weighted by molar-refractivity contribution is 0.0526. The summed E-state index contributed by atoms with van der Waals surface area (Å²) in [5, 5.41) is 3.38. The molecule has 1 aromatic heterocycles. The van der Waals surface area contributed by atoms with Gasteiger partial charge in [-0.05, 0) is 44.7 Å². The Balaban J connectivity index is 1.90. The highest BCUT2D eigenvalue weighted by atomic mass is 16.5. The van der Waals surface area contributed by atoms with Gasteiger partial charge in [-0.1, -0.05) is 0 Å². The lowest BCUT2D eigenvalue weighted by Crippen LogP contribution is -2.33. The minimum atomic E-state index is -0.329. The van der Waals surface area contributed by atoms with E-state index in [0.717, 1.165) is 31.5 Å². The van der Waals surface area contributed by atoms with Gasteiger partial charge in [0.05, 0.1) is 12.2 Å². The quantitative estimate of drug-likeness (QED) is 0.812. The lowest BCUT2D eigenvalue weighted by atomic mass is 9.92. The van der Waals surface area contributed by atoms with E-state index < -0.39 is 0 Å². The van der Waals surface area contributed by atoms with Gasteiger partial charge in [-0.25, -0.2) is 9.78 Å². The zero-order valence-electron chi connectivity index (χ0n) is 11.3. The van der Waals surface area contributed by atoms with Crippen LogP contribution in [0.4, 0.5) is 5.82 Å². The van der Waals surface area contributed by atoms with Gasteiger partial charge < -0.3 is 15.8 Å². The van der Waals surface area contributed by atoms with Gasteiger partial charge in [0.25, 0.3) is 0 Å². The summed E-state index contributed by atoms with van der Waals surface area (Å²) in [6.07, 6.45) is 5.80. The first-order valence-corrected chi connectivity index (χ1v) is 6.84. The average Bonchev–Trinajstić information content (AvgIpc) is 2.42. The lowest BCUT2D eigenvalue weighted by Gasteiger charge is -2.27. The molecule has 2 rings (SSSR count). The second-order valence-corrected chi connectivity index (χ2v) is 4.91. The molecule has 1 aliphatic carbocycles. The van der Waals surface area contributed by atoms with Gasteiger partial charge >= 0.3 is 5.97 Å². The van der Waals surface area contributed by atoms with Gasteiger partial charge in [0.15, 0.2) is 0 Å². The van der Waals surface area contributed by atoms with Crippen molar-refractivity contribution >= 4 is 11.8 Å². The zero-order valence-corrected chi connectivity index (χ0v) is 11.3. The van der Waals surface area contributed by atoms with E-state index in [9.17, 15) is 4.79 Å². The monoisotopic (exact) mass is 263 g/mol. The van der Waals surface area contributed by atoms with E-state index in [1.165, 1.54) is 0 Å². The molecule has 1 saturated carbocycles. The number of carbonyl (C=O) groups is 1. The summed E-state index contributed by atoms with van der Waals surface area (Å²) in [5.74, 6) is 0.471. The molecule has 5 heteroatoms. The number of esters is 1. The molecule has 3 N–H and O–H groups in total. The maximum absolute atomic E-state index is 11.5. The van der Waals surface area contributed by atoms with Crippen molar-refractivity contribution in [2.75, 3.05) is 11.9 Å². The summed E-state index contributed by atoms with van der Waals surface area (Å²) in [6, 6.07) is 4.33. The number of rotatable bonds is 4. The van der Waals surface area contributed by atoms with E-state index in [1.807, 2.05) is 6.07 Å². The predicted octanol–water partition coefficient (Wildman–Crippen LogP) is 1.94. The molecule has 104 valence electrons. The van der Waals surface area contributed by atoms with Crippen LogP contribution in [0.2, 0.25) is 0 Å². The molecule has 5 nitrogen and oxygen atoms in total. The maximum Gasteiger partial charge on any atom is 0.339 e. The van der Waals surface area contributed by atoms with Crippen LogP contribution in [0.25, 0.3) is 0 Å². The third-order valence-corrected chi connectivity index (χ3v) is 3.40. The Labute approximate surface area is 113 Å². The van der Waals surface area contributed by atoms with E-state index in [2.05, 4.69) is 10.3 Å². The van der Waals surface area contributed by atoms with Crippen LogP contribution in [0.3, 0.4) is 0 Å². The van der Waals surface area contributed by atoms with Gasteiger partial charge in [0.1, 0.15) is 5.82 Å². The Morgan fingerprint density at radius 2 is 2.16 bits per heavy atom. The summed E-state index contributed by atoms with van der Waals surface area (Å²) in [5.41, 5.74) is 6.36. The van der Waals surface area contributed by atoms with Crippen molar-refractivity contribution in [3.05, 3.63) is 23.9 Å². The van der Waals surface area contributed by atoms with Crippen molar-refractivity contribution in [2.45, 2.75) is 44.7 Å². The number of aromatic nitrogens is 1.